The first kappa shape index (κ1) is 14.5. The average molecular weight is 290 g/mol. The minimum atomic E-state index is -0.0526. The van der Waals surface area contributed by atoms with E-state index in [-0.39, 0.29) is 5.91 Å². The molecule has 0 aliphatic carbocycles. The third-order valence-corrected chi connectivity index (χ3v) is 3.61. The Morgan fingerprint density at radius 3 is 2.60 bits per heavy atom. The van der Waals surface area contributed by atoms with Gasteiger partial charge in [0.1, 0.15) is 11.4 Å². The highest BCUT2D eigenvalue weighted by atomic mass is 32.1. The lowest BCUT2D eigenvalue weighted by molar-refractivity contribution is 0.0780. The van der Waals surface area contributed by atoms with Gasteiger partial charge in [0, 0.05) is 19.0 Å². The maximum atomic E-state index is 12.2. The van der Waals surface area contributed by atoms with Crippen molar-refractivity contribution in [1.82, 2.24) is 9.88 Å². The lowest BCUT2D eigenvalue weighted by Crippen LogP contribution is -2.26. The van der Waals surface area contributed by atoms with Gasteiger partial charge in [-0.1, -0.05) is 12.1 Å². The van der Waals surface area contributed by atoms with Gasteiger partial charge < -0.3 is 9.64 Å². The molecular formula is C15H18N2O2S. The fourth-order valence-corrected chi connectivity index (χ4v) is 2.45. The van der Waals surface area contributed by atoms with Crippen molar-refractivity contribution >= 4 is 17.2 Å². The second-order valence-corrected chi connectivity index (χ2v) is 5.55. The van der Waals surface area contributed by atoms with E-state index in [9.17, 15) is 4.79 Å². The summed E-state index contributed by atoms with van der Waals surface area (Å²) in [4.78, 5) is 18.1. The first-order valence-corrected chi connectivity index (χ1v) is 7.37. The van der Waals surface area contributed by atoms with Crippen molar-refractivity contribution in [3.8, 4) is 5.75 Å². The van der Waals surface area contributed by atoms with E-state index in [0.29, 0.717) is 18.8 Å². The molecule has 106 valence electrons. The molecular weight excluding hydrogens is 272 g/mol. The Kier molecular flexibility index (Phi) is 4.74. The van der Waals surface area contributed by atoms with Crippen LogP contribution >= 0.6 is 11.3 Å². The largest absolute Gasteiger partial charge is 0.494 e. The van der Waals surface area contributed by atoms with Gasteiger partial charge in [-0.2, -0.15) is 0 Å². The minimum Gasteiger partial charge on any atom is -0.494 e. The summed E-state index contributed by atoms with van der Waals surface area (Å²) >= 11 is 1.49. The summed E-state index contributed by atoms with van der Waals surface area (Å²) in [6, 6.07) is 7.79. The zero-order valence-electron chi connectivity index (χ0n) is 11.9. The Labute approximate surface area is 123 Å². The molecule has 0 spiro atoms. The molecule has 4 nitrogen and oxygen atoms in total. The lowest BCUT2D eigenvalue weighted by Gasteiger charge is -2.16. The van der Waals surface area contributed by atoms with Gasteiger partial charge in [-0.15, -0.1) is 11.3 Å². The second kappa shape index (κ2) is 6.52. The number of carbonyl (C=O) groups excluding carboxylic acids is 1. The van der Waals surface area contributed by atoms with Gasteiger partial charge in [-0.25, -0.2) is 4.98 Å². The van der Waals surface area contributed by atoms with Crippen LogP contribution in [0.3, 0.4) is 0 Å². The molecule has 0 radical (unpaired) electrons. The number of thiazole rings is 1. The van der Waals surface area contributed by atoms with Gasteiger partial charge in [0.25, 0.3) is 5.91 Å². The monoisotopic (exact) mass is 290 g/mol. The molecule has 0 fully saturated rings. The summed E-state index contributed by atoms with van der Waals surface area (Å²) in [5.74, 6) is 0.795. The first-order valence-electron chi connectivity index (χ1n) is 6.49. The number of hydrogen-bond acceptors (Lipinski definition) is 4. The standard InChI is InChI=1S/C15H18N2O2S/c1-4-19-13-7-5-12(6-8-13)9-17(3)15(18)14-10-20-11(2)16-14/h5-8,10H,4,9H2,1-3H3. The summed E-state index contributed by atoms with van der Waals surface area (Å²) in [5, 5.41) is 2.70. The molecule has 1 aromatic heterocycles. The van der Waals surface area contributed by atoms with E-state index >= 15 is 0 Å². The van der Waals surface area contributed by atoms with Gasteiger partial charge in [0.05, 0.1) is 11.6 Å². The highest BCUT2D eigenvalue weighted by Gasteiger charge is 2.14. The van der Waals surface area contributed by atoms with E-state index in [0.717, 1.165) is 16.3 Å². The SMILES string of the molecule is CCOc1ccc(CN(C)C(=O)c2csc(C)n2)cc1. The van der Waals surface area contributed by atoms with Crippen molar-refractivity contribution in [3.05, 3.63) is 45.9 Å². The van der Waals surface area contributed by atoms with Crippen LogP contribution in [0, 0.1) is 6.92 Å². The van der Waals surface area contributed by atoms with E-state index in [1.807, 2.05) is 38.1 Å². The lowest BCUT2D eigenvalue weighted by atomic mass is 10.2. The fraction of sp³-hybridized carbons (Fsp3) is 0.333. The summed E-state index contributed by atoms with van der Waals surface area (Å²) < 4.78 is 5.40. The molecule has 5 heteroatoms. The van der Waals surface area contributed by atoms with Gasteiger partial charge in [-0.3, -0.25) is 4.79 Å². The van der Waals surface area contributed by atoms with Crippen molar-refractivity contribution in [2.75, 3.05) is 13.7 Å². The van der Waals surface area contributed by atoms with Gasteiger partial charge in [0.15, 0.2) is 0 Å². The summed E-state index contributed by atoms with van der Waals surface area (Å²) in [6.07, 6.45) is 0. The second-order valence-electron chi connectivity index (χ2n) is 4.49. The van der Waals surface area contributed by atoms with Crippen LogP contribution in [0.5, 0.6) is 5.75 Å². The number of aryl methyl sites for hydroxylation is 1. The van der Waals surface area contributed by atoms with E-state index in [1.54, 1.807) is 17.3 Å². The van der Waals surface area contributed by atoms with Gasteiger partial charge >= 0.3 is 0 Å². The van der Waals surface area contributed by atoms with Crippen LogP contribution < -0.4 is 4.74 Å². The zero-order chi connectivity index (χ0) is 14.5. The summed E-state index contributed by atoms with van der Waals surface area (Å²) in [5.41, 5.74) is 1.58. The molecule has 2 rings (SSSR count). The molecule has 0 N–H and O–H groups in total. The predicted octanol–water partition coefficient (Wildman–Crippen LogP) is 3.12. The number of aromatic nitrogens is 1. The molecule has 0 aliphatic rings. The van der Waals surface area contributed by atoms with E-state index in [2.05, 4.69) is 4.98 Å². The van der Waals surface area contributed by atoms with Crippen LogP contribution in [-0.2, 0) is 6.54 Å². The Balaban J connectivity index is 2.00. The average Bonchev–Trinajstić information content (AvgIpc) is 2.87. The Morgan fingerprint density at radius 2 is 2.05 bits per heavy atom. The molecule has 0 aliphatic heterocycles. The molecule has 0 atom stereocenters. The number of carbonyl (C=O) groups is 1. The summed E-state index contributed by atoms with van der Waals surface area (Å²) in [7, 11) is 1.79. The minimum absolute atomic E-state index is 0.0526. The third-order valence-electron chi connectivity index (χ3n) is 2.84. The van der Waals surface area contributed by atoms with Crippen molar-refractivity contribution in [2.45, 2.75) is 20.4 Å². The number of hydrogen-bond donors (Lipinski definition) is 0. The summed E-state index contributed by atoms with van der Waals surface area (Å²) in [6.45, 7) is 5.06. The van der Waals surface area contributed by atoms with E-state index < -0.39 is 0 Å². The first-order chi connectivity index (χ1) is 9.60. The normalized spacial score (nSPS) is 10.3. The van der Waals surface area contributed by atoms with Gasteiger partial charge in [-0.05, 0) is 31.5 Å². The molecule has 1 amide bonds. The number of benzene rings is 1. The van der Waals surface area contributed by atoms with Crippen LogP contribution in [-0.4, -0.2) is 29.4 Å². The maximum absolute atomic E-state index is 12.2. The van der Waals surface area contributed by atoms with Crippen LogP contribution in [0.25, 0.3) is 0 Å². The number of nitrogens with zero attached hydrogens (tertiary/aromatic N) is 2. The molecule has 0 unspecified atom stereocenters. The molecule has 2 aromatic rings. The smallest absolute Gasteiger partial charge is 0.273 e. The van der Waals surface area contributed by atoms with Crippen LogP contribution in [0.4, 0.5) is 0 Å². The Hall–Kier alpha value is -1.88. The van der Waals surface area contributed by atoms with Crippen LogP contribution in [0.2, 0.25) is 0 Å². The van der Waals surface area contributed by atoms with Crippen molar-refractivity contribution in [1.29, 1.82) is 0 Å². The topological polar surface area (TPSA) is 42.4 Å². The predicted molar refractivity (Wildman–Crippen MR) is 80.3 cm³/mol. The van der Waals surface area contributed by atoms with Crippen molar-refractivity contribution in [2.24, 2.45) is 0 Å². The van der Waals surface area contributed by atoms with Crippen molar-refractivity contribution < 1.29 is 9.53 Å². The third kappa shape index (κ3) is 3.57. The quantitative estimate of drug-likeness (QED) is 0.849. The van der Waals surface area contributed by atoms with E-state index in [4.69, 9.17) is 4.74 Å². The molecule has 20 heavy (non-hydrogen) atoms. The number of amides is 1. The fourth-order valence-electron chi connectivity index (χ4n) is 1.86. The highest BCUT2D eigenvalue weighted by molar-refractivity contribution is 7.09. The highest BCUT2D eigenvalue weighted by Crippen LogP contribution is 2.15. The Morgan fingerprint density at radius 1 is 1.35 bits per heavy atom. The number of rotatable bonds is 5. The molecule has 0 saturated heterocycles. The molecule has 1 heterocycles. The molecule has 0 saturated carbocycles. The Bertz CT molecular complexity index is 578. The van der Waals surface area contributed by atoms with Crippen LogP contribution in [0.15, 0.2) is 29.6 Å². The maximum Gasteiger partial charge on any atom is 0.273 e. The van der Waals surface area contributed by atoms with E-state index in [1.165, 1.54) is 11.3 Å². The van der Waals surface area contributed by atoms with Crippen molar-refractivity contribution in [3.63, 3.8) is 0 Å². The van der Waals surface area contributed by atoms with Gasteiger partial charge in [0.2, 0.25) is 0 Å². The molecule has 0 bridgehead atoms. The molecule has 1 aromatic carbocycles. The van der Waals surface area contributed by atoms with Crippen LogP contribution in [0.1, 0.15) is 28.0 Å². The number of ether oxygens (including phenoxy) is 1. The zero-order valence-corrected chi connectivity index (χ0v) is 12.7.